The second-order valence-corrected chi connectivity index (χ2v) is 10.1. The Kier molecular flexibility index (Phi) is 7.12. The van der Waals surface area contributed by atoms with Crippen LogP contribution in [0.2, 0.25) is 0 Å². The molecule has 1 saturated carbocycles. The second kappa shape index (κ2) is 9.33. The minimum Gasteiger partial charge on any atom is -0.507 e. The number of carbonyl (C=O) groups excluding carboxylic acids is 2. The van der Waals surface area contributed by atoms with Crippen LogP contribution in [0.5, 0.6) is 0 Å². The van der Waals surface area contributed by atoms with Gasteiger partial charge in [-0.25, -0.2) is 0 Å². The summed E-state index contributed by atoms with van der Waals surface area (Å²) in [6, 6.07) is -0.549. The van der Waals surface area contributed by atoms with Crippen molar-refractivity contribution in [2.75, 3.05) is 18.1 Å². The van der Waals surface area contributed by atoms with E-state index in [4.69, 9.17) is 5.73 Å². The summed E-state index contributed by atoms with van der Waals surface area (Å²) >= 11 is 4.11. The molecular weight excluding hydrogens is 368 g/mol. The maximum atomic E-state index is 12.4. The van der Waals surface area contributed by atoms with Crippen LogP contribution in [-0.2, 0) is 9.59 Å². The zero-order valence-corrected chi connectivity index (χ0v) is 16.6. The van der Waals surface area contributed by atoms with Gasteiger partial charge in [0.15, 0.2) is 5.78 Å². The molecule has 2 unspecified atom stereocenters. The Morgan fingerprint density at radius 1 is 1.27 bits per heavy atom. The van der Waals surface area contributed by atoms with E-state index in [0.717, 1.165) is 6.42 Å². The summed E-state index contributed by atoms with van der Waals surface area (Å²) in [7, 11) is 0. The van der Waals surface area contributed by atoms with Crippen molar-refractivity contribution in [3.8, 4) is 0 Å². The number of aliphatic hydroxyl groups is 1. The smallest absolute Gasteiger partial charge is 0.259 e. The molecular formula is C19H28N2O3S2. The largest absolute Gasteiger partial charge is 0.507 e. The second-order valence-electron chi connectivity index (χ2n) is 7.20. The molecule has 2 aliphatic heterocycles. The van der Waals surface area contributed by atoms with Gasteiger partial charge >= 0.3 is 0 Å². The van der Waals surface area contributed by atoms with Gasteiger partial charge in [-0.1, -0.05) is 12.5 Å². The van der Waals surface area contributed by atoms with Crippen LogP contribution in [0.15, 0.2) is 23.5 Å². The first-order valence-electron chi connectivity index (χ1n) is 9.50. The van der Waals surface area contributed by atoms with Crippen LogP contribution in [0.1, 0.15) is 38.5 Å². The molecule has 3 fully saturated rings. The number of hydrogen-bond donors (Lipinski definition) is 3. The van der Waals surface area contributed by atoms with Crippen molar-refractivity contribution in [1.29, 1.82) is 0 Å². The molecule has 26 heavy (non-hydrogen) atoms. The molecule has 5 nitrogen and oxygen atoms in total. The van der Waals surface area contributed by atoms with Gasteiger partial charge in [-0.15, -0.1) is 23.5 Å². The summed E-state index contributed by atoms with van der Waals surface area (Å²) in [5.74, 6) is 2.58. The standard InChI is InChI=1S/C19H28N2O3S2/c20-8-2-5-14-18(23)17(19(24)21-14)15(22)7-6-12-3-1-4-13(12)11-16-25-9-10-26-16/h6-7,12-14,16,22H,1-5,8-11,20H2,(H,21,24)/b7-6+,17-15-/t12?,13-,14?/m1/s1. The maximum absolute atomic E-state index is 12.4. The summed E-state index contributed by atoms with van der Waals surface area (Å²) in [4.78, 5) is 24.4. The quantitative estimate of drug-likeness (QED) is 0.348. The molecule has 0 bridgehead atoms. The molecule has 7 heteroatoms. The van der Waals surface area contributed by atoms with E-state index in [2.05, 4.69) is 28.8 Å². The molecule has 2 heterocycles. The van der Waals surface area contributed by atoms with E-state index in [1.807, 2.05) is 6.08 Å². The van der Waals surface area contributed by atoms with Crippen molar-refractivity contribution < 1.29 is 14.7 Å². The van der Waals surface area contributed by atoms with Crippen molar-refractivity contribution in [2.24, 2.45) is 17.6 Å². The molecule has 1 amide bonds. The maximum Gasteiger partial charge on any atom is 0.259 e. The van der Waals surface area contributed by atoms with Gasteiger partial charge in [0.1, 0.15) is 11.3 Å². The Balaban J connectivity index is 1.63. The predicted octanol–water partition coefficient (Wildman–Crippen LogP) is 2.77. The van der Waals surface area contributed by atoms with E-state index >= 15 is 0 Å². The van der Waals surface area contributed by atoms with Crippen molar-refractivity contribution in [3.63, 3.8) is 0 Å². The van der Waals surface area contributed by atoms with E-state index in [9.17, 15) is 14.7 Å². The highest BCUT2D eigenvalue weighted by Crippen LogP contribution is 2.43. The van der Waals surface area contributed by atoms with Gasteiger partial charge in [-0.3, -0.25) is 9.59 Å². The third-order valence-corrected chi connectivity index (χ3v) is 8.54. The number of hydrogen-bond acceptors (Lipinski definition) is 6. The molecule has 2 saturated heterocycles. The highest BCUT2D eigenvalue weighted by molar-refractivity contribution is 8.20. The first-order valence-corrected chi connectivity index (χ1v) is 11.6. The summed E-state index contributed by atoms with van der Waals surface area (Å²) < 4.78 is 0.700. The number of aliphatic hydroxyl groups excluding tert-OH is 1. The lowest BCUT2D eigenvalue weighted by molar-refractivity contribution is -0.117. The van der Waals surface area contributed by atoms with Gasteiger partial charge in [-0.05, 0) is 56.6 Å². The molecule has 4 N–H and O–H groups in total. The van der Waals surface area contributed by atoms with Gasteiger partial charge in [0.2, 0.25) is 0 Å². The average molecular weight is 397 g/mol. The Labute approximate surface area is 163 Å². The minimum atomic E-state index is -0.549. The van der Waals surface area contributed by atoms with Crippen LogP contribution in [0, 0.1) is 11.8 Å². The molecule has 1 aliphatic carbocycles. The van der Waals surface area contributed by atoms with E-state index in [1.54, 1.807) is 6.08 Å². The highest BCUT2D eigenvalue weighted by Gasteiger charge is 2.37. The SMILES string of the molecule is NCCCC1NC(=O)/C(=C(O)/C=C/C2CCC[C@@H]2CC2SCCS2)C1=O. The molecule has 0 aromatic rings. The Morgan fingerprint density at radius 3 is 2.77 bits per heavy atom. The van der Waals surface area contributed by atoms with E-state index in [0.29, 0.717) is 35.8 Å². The molecule has 0 aromatic heterocycles. The van der Waals surface area contributed by atoms with Crippen LogP contribution in [0.4, 0.5) is 0 Å². The zero-order chi connectivity index (χ0) is 18.5. The van der Waals surface area contributed by atoms with E-state index in [-0.39, 0.29) is 17.1 Å². The lowest BCUT2D eigenvalue weighted by Crippen LogP contribution is -2.29. The molecule has 0 radical (unpaired) electrons. The van der Waals surface area contributed by atoms with E-state index in [1.165, 1.54) is 30.8 Å². The number of ketones is 1. The summed E-state index contributed by atoms with van der Waals surface area (Å²) in [5, 5.41) is 13.0. The summed E-state index contributed by atoms with van der Waals surface area (Å²) in [6.07, 6.45) is 9.54. The normalized spacial score (nSPS) is 32.0. The number of carbonyl (C=O) groups is 2. The van der Waals surface area contributed by atoms with Crippen molar-refractivity contribution in [2.45, 2.75) is 49.1 Å². The third kappa shape index (κ3) is 4.67. The molecule has 3 aliphatic rings. The number of rotatable bonds is 7. The Hall–Kier alpha value is -0.920. The van der Waals surface area contributed by atoms with Crippen molar-refractivity contribution in [1.82, 2.24) is 5.32 Å². The first kappa shape index (κ1) is 19.8. The number of Topliss-reactive ketones (excluding diaryl/α,β-unsaturated/α-hetero) is 1. The highest BCUT2D eigenvalue weighted by atomic mass is 32.2. The molecule has 0 spiro atoms. The molecule has 3 atom stereocenters. The van der Waals surface area contributed by atoms with Gasteiger partial charge in [0.25, 0.3) is 5.91 Å². The zero-order valence-electron chi connectivity index (χ0n) is 15.0. The van der Waals surface area contributed by atoms with Crippen LogP contribution in [0.25, 0.3) is 0 Å². The Morgan fingerprint density at radius 2 is 2.04 bits per heavy atom. The molecule has 0 aromatic carbocycles. The van der Waals surface area contributed by atoms with E-state index < -0.39 is 11.9 Å². The topological polar surface area (TPSA) is 92.4 Å². The number of amides is 1. The van der Waals surface area contributed by atoms with Crippen LogP contribution < -0.4 is 11.1 Å². The fourth-order valence-electron chi connectivity index (χ4n) is 4.05. The first-order chi connectivity index (χ1) is 12.6. The lowest BCUT2D eigenvalue weighted by Gasteiger charge is -2.19. The average Bonchev–Trinajstić information content (AvgIpc) is 3.34. The monoisotopic (exact) mass is 396 g/mol. The van der Waals surface area contributed by atoms with Gasteiger partial charge < -0.3 is 16.2 Å². The number of nitrogens with one attached hydrogen (secondary N) is 1. The fourth-order valence-corrected chi connectivity index (χ4v) is 7.07. The van der Waals surface area contributed by atoms with Gasteiger partial charge in [-0.2, -0.15) is 0 Å². The van der Waals surface area contributed by atoms with Crippen LogP contribution in [0.3, 0.4) is 0 Å². The van der Waals surface area contributed by atoms with Crippen LogP contribution in [-0.4, -0.2) is 45.5 Å². The number of thioether (sulfide) groups is 2. The van der Waals surface area contributed by atoms with Crippen LogP contribution >= 0.6 is 23.5 Å². The minimum absolute atomic E-state index is 0.0975. The lowest BCUT2D eigenvalue weighted by atomic mass is 9.92. The Bertz CT molecular complexity index is 600. The fraction of sp³-hybridized carbons (Fsp3) is 0.684. The molecule has 3 rings (SSSR count). The van der Waals surface area contributed by atoms with Gasteiger partial charge in [0, 0.05) is 11.5 Å². The third-order valence-electron chi connectivity index (χ3n) is 5.45. The summed E-state index contributed by atoms with van der Waals surface area (Å²) in [5.41, 5.74) is 5.37. The summed E-state index contributed by atoms with van der Waals surface area (Å²) in [6.45, 7) is 0.477. The van der Waals surface area contributed by atoms with Crippen molar-refractivity contribution >= 4 is 35.2 Å². The predicted molar refractivity (Wildman–Crippen MR) is 108 cm³/mol. The van der Waals surface area contributed by atoms with Crippen molar-refractivity contribution in [3.05, 3.63) is 23.5 Å². The number of nitrogens with two attached hydrogens (primary N) is 1. The number of allylic oxidation sites excluding steroid dienone is 2. The van der Waals surface area contributed by atoms with Gasteiger partial charge in [0.05, 0.1) is 10.6 Å². The molecule has 144 valence electrons.